The molecular weight excluding hydrogens is 453 g/mol. The molecule has 2 N–H and O–H groups in total. The number of rotatable bonds is 6. The number of sulfonamides is 1. The van der Waals surface area contributed by atoms with Gasteiger partial charge in [0, 0.05) is 24.8 Å². The van der Waals surface area contributed by atoms with E-state index in [2.05, 4.69) is 16.4 Å². The van der Waals surface area contributed by atoms with Crippen LogP contribution in [0, 0.1) is 5.82 Å². The summed E-state index contributed by atoms with van der Waals surface area (Å²) in [6.07, 6.45) is 2.95. The summed E-state index contributed by atoms with van der Waals surface area (Å²) in [5, 5.41) is 4.02. The van der Waals surface area contributed by atoms with Crippen molar-refractivity contribution in [2.75, 3.05) is 6.54 Å². The van der Waals surface area contributed by atoms with Crippen molar-refractivity contribution < 1.29 is 17.6 Å². The average molecular weight is 478 g/mol. The molecule has 1 saturated heterocycles. The predicted octanol–water partition coefficient (Wildman–Crippen LogP) is 4.44. The minimum Gasteiger partial charge on any atom is -0.361 e. The van der Waals surface area contributed by atoms with Gasteiger partial charge in [0.05, 0.1) is 4.90 Å². The van der Waals surface area contributed by atoms with Gasteiger partial charge in [-0.15, -0.1) is 0 Å². The third-order valence-corrected chi connectivity index (χ3v) is 8.13. The summed E-state index contributed by atoms with van der Waals surface area (Å²) in [6, 6.07) is 20.0. The lowest BCUT2D eigenvalue weighted by atomic mass is 10.0. The highest BCUT2D eigenvalue weighted by Crippen LogP contribution is 2.27. The maximum Gasteiger partial charge on any atom is 0.243 e. The van der Waals surface area contributed by atoms with E-state index >= 15 is 0 Å². The lowest BCUT2D eigenvalue weighted by Gasteiger charge is -2.23. The first-order chi connectivity index (χ1) is 16.4. The summed E-state index contributed by atoms with van der Waals surface area (Å²) in [5.41, 5.74) is 4.11. The molecule has 1 aliphatic rings. The molecule has 0 saturated carbocycles. The first-order valence-electron chi connectivity index (χ1n) is 11.1. The number of benzene rings is 3. The van der Waals surface area contributed by atoms with E-state index in [9.17, 15) is 17.6 Å². The van der Waals surface area contributed by atoms with Crippen LogP contribution in [-0.4, -0.2) is 36.2 Å². The second kappa shape index (κ2) is 9.04. The average Bonchev–Trinajstić information content (AvgIpc) is 3.53. The third-order valence-electron chi connectivity index (χ3n) is 6.21. The Morgan fingerprint density at radius 2 is 1.82 bits per heavy atom. The Morgan fingerprint density at radius 3 is 2.65 bits per heavy atom. The number of hydrogen-bond acceptors (Lipinski definition) is 3. The molecule has 0 radical (unpaired) electrons. The molecule has 1 aliphatic heterocycles. The lowest BCUT2D eigenvalue weighted by molar-refractivity contribution is -0.124. The number of carbonyl (C=O) groups is 1. The molecule has 34 heavy (non-hydrogen) atoms. The Hall–Kier alpha value is -3.49. The molecule has 1 amide bonds. The molecule has 0 aliphatic carbocycles. The van der Waals surface area contributed by atoms with Crippen molar-refractivity contribution in [2.24, 2.45) is 0 Å². The number of aromatic nitrogens is 1. The normalized spacial score (nSPS) is 16.7. The number of aromatic amines is 1. The van der Waals surface area contributed by atoms with Crippen molar-refractivity contribution in [3.8, 4) is 11.1 Å². The highest BCUT2D eigenvalue weighted by molar-refractivity contribution is 7.89. The van der Waals surface area contributed by atoms with Gasteiger partial charge >= 0.3 is 0 Å². The van der Waals surface area contributed by atoms with Gasteiger partial charge in [-0.05, 0) is 83.4 Å². The molecule has 0 bridgehead atoms. The molecule has 2 heterocycles. The Kier molecular flexibility index (Phi) is 5.93. The van der Waals surface area contributed by atoms with Gasteiger partial charge in [-0.2, -0.15) is 4.31 Å². The topological polar surface area (TPSA) is 82.3 Å². The van der Waals surface area contributed by atoms with E-state index in [-0.39, 0.29) is 17.3 Å². The molecular formula is C26H24FN3O3S. The van der Waals surface area contributed by atoms with Crippen molar-refractivity contribution >= 4 is 26.8 Å². The van der Waals surface area contributed by atoms with E-state index in [0.717, 1.165) is 39.7 Å². The molecule has 4 aromatic rings. The van der Waals surface area contributed by atoms with Gasteiger partial charge < -0.3 is 10.3 Å². The van der Waals surface area contributed by atoms with Crippen LogP contribution in [-0.2, 0) is 21.4 Å². The van der Waals surface area contributed by atoms with Crippen LogP contribution in [0.2, 0.25) is 0 Å². The fourth-order valence-corrected chi connectivity index (χ4v) is 6.09. The molecule has 3 aromatic carbocycles. The number of carbonyl (C=O) groups excluding carboxylic acids is 1. The molecule has 1 aromatic heterocycles. The van der Waals surface area contributed by atoms with Crippen molar-refractivity contribution in [2.45, 2.75) is 30.3 Å². The number of amides is 1. The number of fused-ring (bicyclic) bond motifs is 1. The number of hydrogen-bond donors (Lipinski definition) is 2. The molecule has 5 rings (SSSR count). The first-order valence-corrected chi connectivity index (χ1v) is 12.6. The van der Waals surface area contributed by atoms with E-state index < -0.39 is 21.9 Å². The molecule has 1 fully saturated rings. The maximum absolute atomic E-state index is 13.2. The summed E-state index contributed by atoms with van der Waals surface area (Å²) in [4.78, 5) is 16.1. The second-order valence-electron chi connectivity index (χ2n) is 8.43. The van der Waals surface area contributed by atoms with Gasteiger partial charge in [0.1, 0.15) is 11.9 Å². The van der Waals surface area contributed by atoms with Crippen LogP contribution in [0.15, 0.2) is 83.9 Å². The van der Waals surface area contributed by atoms with Gasteiger partial charge in [0.2, 0.25) is 15.9 Å². The Morgan fingerprint density at radius 1 is 1.03 bits per heavy atom. The SMILES string of the molecule is O=C(NCc1cccc(-c2ccc3[nH]ccc3c2)c1)C1CCCN1S(=O)(=O)c1ccc(F)cc1. The monoisotopic (exact) mass is 477 g/mol. The number of nitrogens with one attached hydrogen (secondary N) is 2. The van der Waals surface area contributed by atoms with Crippen LogP contribution in [0.3, 0.4) is 0 Å². The number of H-pyrrole nitrogens is 1. The van der Waals surface area contributed by atoms with Crippen molar-refractivity contribution in [1.29, 1.82) is 0 Å². The Labute approximate surface area is 197 Å². The van der Waals surface area contributed by atoms with E-state index in [1.54, 1.807) is 0 Å². The summed E-state index contributed by atoms with van der Waals surface area (Å²) >= 11 is 0. The Bertz CT molecular complexity index is 1450. The standard InChI is InChI=1S/C26H24FN3O3S/c27-22-7-9-23(10-8-22)34(32,33)30-14-2-5-25(30)26(31)29-17-18-3-1-4-19(15-18)20-6-11-24-21(16-20)12-13-28-24/h1,3-4,6-13,15-16,25,28H,2,5,14,17H2,(H,29,31). The van der Waals surface area contributed by atoms with Crippen molar-refractivity contribution in [3.05, 3.63) is 90.4 Å². The van der Waals surface area contributed by atoms with Gasteiger partial charge in [0.25, 0.3) is 0 Å². The van der Waals surface area contributed by atoms with Gasteiger partial charge in [-0.3, -0.25) is 4.79 Å². The molecule has 0 spiro atoms. The van der Waals surface area contributed by atoms with E-state index in [1.807, 2.05) is 48.7 Å². The van der Waals surface area contributed by atoms with Gasteiger partial charge in [-0.1, -0.05) is 24.3 Å². The maximum atomic E-state index is 13.2. The van der Waals surface area contributed by atoms with Gasteiger partial charge in [0.15, 0.2) is 0 Å². The van der Waals surface area contributed by atoms with Gasteiger partial charge in [-0.25, -0.2) is 12.8 Å². The minimum absolute atomic E-state index is 0.0132. The molecule has 174 valence electrons. The zero-order valence-electron chi connectivity index (χ0n) is 18.4. The highest BCUT2D eigenvalue weighted by Gasteiger charge is 2.39. The molecule has 6 nitrogen and oxygen atoms in total. The summed E-state index contributed by atoms with van der Waals surface area (Å²) in [7, 11) is -3.89. The largest absolute Gasteiger partial charge is 0.361 e. The van der Waals surface area contributed by atoms with Crippen LogP contribution in [0.1, 0.15) is 18.4 Å². The van der Waals surface area contributed by atoms with Crippen LogP contribution < -0.4 is 5.32 Å². The zero-order valence-corrected chi connectivity index (χ0v) is 19.2. The molecule has 1 unspecified atom stereocenters. The van der Waals surface area contributed by atoms with Crippen LogP contribution in [0.25, 0.3) is 22.0 Å². The van der Waals surface area contributed by atoms with E-state index in [0.29, 0.717) is 19.4 Å². The van der Waals surface area contributed by atoms with Crippen LogP contribution >= 0.6 is 0 Å². The number of halogens is 1. The van der Waals surface area contributed by atoms with E-state index in [1.165, 1.54) is 16.4 Å². The zero-order chi connectivity index (χ0) is 23.7. The summed E-state index contributed by atoms with van der Waals surface area (Å²) in [6.45, 7) is 0.551. The lowest BCUT2D eigenvalue weighted by Crippen LogP contribution is -2.45. The first kappa shape index (κ1) is 22.3. The fourth-order valence-electron chi connectivity index (χ4n) is 4.43. The summed E-state index contributed by atoms with van der Waals surface area (Å²) < 4.78 is 40.5. The third kappa shape index (κ3) is 4.34. The minimum atomic E-state index is -3.89. The van der Waals surface area contributed by atoms with E-state index in [4.69, 9.17) is 0 Å². The molecule has 1 atom stereocenters. The second-order valence-corrected chi connectivity index (χ2v) is 10.3. The van der Waals surface area contributed by atoms with Crippen LogP contribution in [0.5, 0.6) is 0 Å². The predicted molar refractivity (Wildman–Crippen MR) is 129 cm³/mol. The Balaban J connectivity index is 1.29. The highest BCUT2D eigenvalue weighted by atomic mass is 32.2. The number of nitrogens with zero attached hydrogens (tertiary/aromatic N) is 1. The summed E-state index contributed by atoms with van der Waals surface area (Å²) in [5.74, 6) is -0.841. The van der Waals surface area contributed by atoms with Crippen LogP contribution in [0.4, 0.5) is 4.39 Å². The fraction of sp³-hybridized carbons (Fsp3) is 0.192. The quantitative estimate of drug-likeness (QED) is 0.431. The van der Waals surface area contributed by atoms with Crippen molar-refractivity contribution in [1.82, 2.24) is 14.6 Å². The van der Waals surface area contributed by atoms with Crippen molar-refractivity contribution in [3.63, 3.8) is 0 Å². The smallest absolute Gasteiger partial charge is 0.243 e. The molecule has 8 heteroatoms.